The van der Waals surface area contributed by atoms with Gasteiger partial charge in [0.15, 0.2) is 6.57 Å². The van der Waals surface area contributed by atoms with Crippen LogP contribution in [0.4, 0.5) is 0 Å². The zero-order valence-electron chi connectivity index (χ0n) is 4.30. The number of hydrogen-bond acceptors (Lipinski definition) is 1. The largest absolute Gasteiger partial charge is 0.343 e. The number of rotatable bonds is 2. The van der Waals surface area contributed by atoms with Crippen molar-refractivity contribution < 1.29 is 4.89 Å². The lowest BCUT2D eigenvalue weighted by Crippen LogP contribution is -2.13. The Bertz CT molecular complexity index is 87.7. The van der Waals surface area contributed by atoms with Crippen molar-refractivity contribution in [3.63, 3.8) is 0 Å². The standard InChI is InChI=1S/C2H9N2OPS/c1-3-6(5,7)4-2/h1-2H3,(H3,3,4,5,7). The normalized spacial score (nSPS) is 11.9. The van der Waals surface area contributed by atoms with Gasteiger partial charge in [0.25, 0.3) is 0 Å². The molecule has 0 amide bonds. The number of hydrogen-bond donors (Lipinski definition) is 3. The molecule has 0 rings (SSSR count). The van der Waals surface area contributed by atoms with E-state index in [1.54, 1.807) is 14.1 Å². The summed E-state index contributed by atoms with van der Waals surface area (Å²) >= 11 is 4.59. The predicted octanol–water partition coefficient (Wildman–Crippen LogP) is -0.358. The molecule has 3 N–H and O–H groups in total. The molecule has 0 saturated heterocycles. The van der Waals surface area contributed by atoms with E-state index in [2.05, 4.69) is 22.0 Å². The molecule has 0 aromatic rings. The van der Waals surface area contributed by atoms with Crippen molar-refractivity contribution in [1.29, 1.82) is 0 Å². The summed E-state index contributed by atoms with van der Waals surface area (Å²) in [5, 5.41) is 5.12. The molecular weight excluding hydrogens is 131 g/mol. The van der Waals surface area contributed by atoms with Crippen molar-refractivity contribution in [2.45, 2.75) is 0 Å². The highest BCUT2D eigenvalue weighted by Gasteiger charge is 2.00. The Balaban J connectivity index is 3.61. The van der Waals surface area contributed by atoms with Gasteiger partial charge in [0.05, 0.1) is 0 Å². The van der Waals surface area contributed by atoms with Crippen molar-refractivity contribution in [3.05, 3.63) is 0 Å². The van der Waals surface area contributed by atoms with E-state index in [1.165, 1.54) is 0 Å². The maximum Gasteiger partial charge on any atom is 0.194 e. The maximum atomic E-state index is 8.84. The van der Waals surface area contributed by atoms with Crippen LogP contribution in [0.25, 0.3) is 0 Å². The minimum Gasteiger partial charge on any atom is -0.343 e. The van der Waals surface area contributed by atoms with Gasteiger partial charge in [-0.1, -0.05) is 0 Å². The summed E-state index contributed by atoms with van der Waals surface area (Å²) < 4.78 is 0. The van der Waals surface area contributed by atoms with Gasteiger partial charge >= 0.3 is 0 Å². The molecule has 0 aliphatic heterocycles. The van der Waals surface area contributed by atoms with Gasteiger partial charge in [-0.25, -0.2) is 0 Å². The van der Waals surface area contributed by atoms with Crippen LogP contribution < -0.4 is 10.2 Å². The average Bonchev–Trinajstić information content (AvgIpc) is 1.68. The Morgan fingerprint density at radius 2 is 1.71 bits per heavy atom. The van der Waals surface area contributed by atoms with E-state index < -0.39 is 6.57 Å². The van der Waals surface area contributed by atoms with E-state index in [4.69, 9.17) is 4.89 Å². The second kappa shape index (κ2) is 2.74. The molecule has 0 unspecified atom stereocenters. The van der Waals surface area contributed by atoms with Gasteiger partial charge < -0.3 is 4.89 Å². The fourth-order valence-corrected chi connectivity index (χ4v) is 0.335. The number of nitrogens with one attached hydrogen (secondary N) is 2. The molecule has 0 aliphatic carbocycles. The molecule has 0 saturated carbocycles. The Kier molecular flexibility index (Phi) is 2.95. The first-order valence-corrected chi connectivity index (χ1v) is 4.58. The third-order valence-corrected chi connectivity index (χ3v) is 2.91. The van der Waals surface area contributed by atoms with Crippen molar-refractivity contribution in [2.75, 3.05) is 14.1 Å². The third kappa shape index (κ3) is 3.14. The summed E-state index contributed by atoms with van der Waals surface area (Å²) in [7, 11) is 3.24. The molecule has 0 atom stereocenters. The molecule has 0 bridgehead atoms. The SMILES string of the molecule is CNP(O)(=S)NC. The summed E-state index contributed by atoms with van der Waals surface area (Å²) in [4.78, 5) is 8.84. The molecule has 0 heterocycles. The fourth-order valence-electron chi connectivity index (χ4n) is 0.112. The molecule has 0 aromatic heterocycles. The molecule has 5 heteroatoms. The Labute approximate surface area is 48.3 Å². The molecule has 0 fully saturated rings. The molecule has 0 spiro atoms. The molecular formula is C2H9N2OPS. The van der Waals surface area contributed by atoms with Crippen LogP contribution in [0.2, 0.25) is 0 Å². The van der Waals surface area contributed by atoms with Crippen LogP contribution >= 0.6 is 6.57 Å². The van der Waals surface area contributed by atoms with Crippen molar-refractivity contribution >= 4 is 18.4 Å². The van der Waals surface area contributed by atoms with Crippen LogP contribution in [0.15, 0.2) is 0 Å². The highest BCUT2D eigenvalue weighted by atomic mass is 32.4. The Morgan fingerprint density at radius 3 is 1.71 bits per heavy atom. The highest BCUT2D eigenvalue weighted by Crippen LogP contribution is 2.26. The first kappa shape index (κ1) is 7.53. The van der Waals surface area contributed by atoms with Crippen LogP contribution in [0, 0.1) is 0 Å². The summed E-state index contributed by atoms with van der Waals surface area (Å²) in [5.41, 5.74) is 0. The maximum absolute atomic E-state index is 8.84. The van der Waals surface area contributed by atoms with Gasteiger partial charge in [0.1, 0.15) is 0 Å². The van der Waals surface area contributed by atoms with Crippen molar-refractivity contribution in [3.8, 4) is 0 Å². The molecule has 44 valence electrons. The van der Waals surface area contributed by atoms with E-state index in [0.717, 1.165) is 0 Å². The summed E-state index contributed by atoms with van der Waals surface area (Å²) in [6, 6.07) is 0. The summed E-state index contributed by atoms with van der Waals surface area (Å²) in [5.74, 6) is 0. The van der Waals surface area contributed by atoms with Crippen LogP contribution in [-0.4, -0.2) is 19.0 Å². The predicted molar refractivity (Wildman–Crippen MR) is 34.6 cm³/mol. The monoisotopic (exact) mass is 140 g/mol. The Morgan fingerprint density at radius 1 is 1.43 bits per heavy atom. The van der Waals surface area contributed by atoms with Crippen LogP contribution in [0.3, 0.4) is 0 Å². The lowest BCUT2D eigenvalue weighted by Gasteiger charge is -2.09. The van der Waals surface area contributed by atoms with Gasteiger partial charge in [-0.05, 0) is 25.9 Å². The quantitative estimate of drug-likeness (QED) is 0.458. The van der Waals surface area contributed by atoms with Gasteiger partial charge in [-0.3, -0.25) is 10.2 Å². The van der Waals surface area contributed by atoms with E-state index in [-0.39, 0.29) is 0 Å². The van der Waals surface area contributed by atoms with Gasteiger partial charge in [-0.15, -0.1) is 0 Å². The average molecular weight is 140 g/mol. The van der Waals surface area contributed by atoms with E-state index in [9.17, 15) is 0 Å². The molecule has 0 aromatic carbocycles. The molecule has 0 aliphatic rings. The van der Waals surface area contributed by atoms with Gasteiger partial charge in [0.2, 0.25) is 0 Å². The zero-order chi connectivity index (χ0) is 5.91. The van der Waals surface area contributed by atoms with Crippen molar-refractivity contribution in [2.24, 2.45) is 0 Å². The van der Waals surface area contributed by atoms with Crippen LogP contribution in [0.1, 0.15) is 0 Å². The molecule has 3 nitrogen and oxygen atoms in total. The highest BCUT2D eigenvalue weighted by molar-refractivity contribution is 8.09. The summed E-state index contributed by atoms with van der Waals surface area (Å²) in [6.07, 6.45) is 0. The smallest absolute Gasteiger partial charge is 0.194 e. The van der Waals surface area contributed by atoms with E-state index in [1.807, 2.05) is 0 Å². The topological polar surface area (TPSA) is 44.3 Å². The zero-order valence-corrected chi connectivity index (χ0v) is 6.01. The third-order valence-electron chi connectivity index (χ3n) is 0.606. The first-order valence-electron chi connectivity index (χ1n) is 1.83. The minimum absolute atomic E-state index is 1.62. The van der Waals surface area contributed by atoms with E-state index in [0.29, 0.717) is 0 Å². The minimum atomic E-state index is -2.32. The van der Waals surface area contributed by atoms with Crippen molar-refractivity contribution in [1.82, 2.24) is 10.2 Å². The lowest BCUT2D eigenvalue weighted by molar-refractivity contribution is 0.599. The fraction of sp³-hybridized carbons (Fsp3) is 1.00. The first-order chi connectivity index (χ1) is 3.12. The van der Waals surface area contributed by atoms with E-state index >= 15 is 0 Å². The Hall–Kier alpha value is 0.530. The summed E-state index contributed by atoms with van der Waals surface area (Å²) in [6.45, 7) is -2.32. The lowest BCUT2D eigenvalue weighted by atomic mass is 11.6. The van der Waals surface area contributed by atoms with Crippen LogP contribution in [-0.2, 0) is 11.8 Å². The van der Waals surface area contributed by atoms with Gasteiger partial charge in [0, 0.05) is 0 Å². The second-order valence-corrected chi connectivity index (χ2v) is 4.66. The second-order valence-electron chi connectivity index (χ2n) is 1.02. The van der Waals surface area contributed by atoms with Gasteiger partial charge in [-0.2, -0.15) is 0 Å². The molecule has 7 heavy (non-hydrogen) atoms. The van der Waals surface area contributed by atoms with Crippen LogP contribution in [0.5, 0.6) is 0 Å². The molecule has 0 radical (unpaired) electrons.